The molecule has 0 unspecified atom stereocenters. The van der Waals surface area contributed by atoms with E-state index in [1.54, 1.807) is 18.2 Å². The zero-order valence-electron chi connectivity index (χ0n) is 18.7. The normalized spacial score (nSPS) is 19.5. The molecule has 0 aliphatic carbocycles. The van der Waals surface area contributed by atoms with E-state index in [9.17, 15) is 17.6 Å². The van der Waals surface area contributed by atoms with Crippen LogP contribution in [0.15, 0.2) is 47.4 Å². The lowest BCUT2D eigenvalue weighted by Crippen LogP contribution is -2.48. The molecule has 0 spiro atoms. The summed E-state index contributed by atoms with van der Waals surface area (Å²) >= 11 is 0. The van der Waals surface area contributed by atoms with Crippen LogP contribution in [0.2, 0.25) is 0 Å². The van der Waals surface area contributed by atoms with Crippen LogP contribution in [0.5, 0.6) is 5.75 Å². The molecule has 1 amide bonds. The van der Waals surface area contributed by atoms with Crippen molar-refractivity contribution in [3.63, 3.8) is 0 Å². The third-order valence-electron chi connectivity index (χ3n) is 5.36. The summed E-state index contributed by atoms with van der Waals surface area (Å²) in [5.74, 6) is -0.701. The summed E-state index contributed by atoms with van der Waals surface area (Å²) in [6, 6.07) is 10.6. The highest BCUT2D eigenvalue weighted by Gasteiger charge is 2.32. The van der Waals surface area contributed by atoms with Crippen LogP contribution in [0.25, 0.3) is 0 Å². The first-order valence-corrected chi connectivity index (χ1v) is 12.0. The van der Waals surface area contributed by atoms with E-state index < -0.39 is 15.8 Å². The minimum Gasteiger partial charge on any atom is -0.494 e. The van der Waals surface area contributed by atoms with Crippen molar-refractivity contribution in [1.29, 1.82) is 0 Å². The molecule has 0 aromatic heterocycles. The van der Waals surface area contributed by atoms with E-state index in [1.807, 2.05) is 20.8 Å². The molecular formula is C23H29FN2O5S. The number of halogens is 1. The molecule has 2 atom stereocenters. The molecule has 1 aliphatic rings. The van der Waals surface area contributed by atoms with Crippen molar-refractivity contribution in [1.82, 2.24) is 9.21 Å². The lowest BCUT2D eigenvalue weighted by Gasteiger charge is -2.34. The number of hydrogen-bond donors (Lipinski definition) is 0. The van der Waals surface area contributed by atoms with Crippen molar-refractivity contribution < 1.29 is 27.1 Å². The van der Waals surface area contributed by atoms with Crippen LogP contribution in [-0.2, 0) is 21.3 Å². The Morgan fingerprint density at radius 1 is 1.19 bits per heavy atom. The number of morpholine rings is 1. The maximum atomic E-state index is 14.0. The highest BCUT2D eigenvalue weighted by molar-refractivity contribution is 7.89. The first-order chi connectivity index (χ1) is 15.1. The van der Waals surface area contributed by atoms with E-state index in [-0.39, 0.29) is 54.0 Å². The van der Waals surface area contributed by atoms with Crippen molar-refractivity contribution in [2.75, 3.05) is 26.7 Å². The maximum Gasteiger partial charge on any atom is 0.254 e. The predicted molar refractivity (Wildman–Crippen MR) is 119 cm³/mol. The fourth-order valence-corrected chi connectivity index (χ4v) is 5.44. The number of ether oxygens (including phenoxy) is 2. The van der Waals surface area contributed by atoms with Gasteiger partial charge in [0.15, 0.2) is 11.6 Å². The minimum atomic E-state index is -3.77. The van der Waals surface area contributed by atoms with E-state index in [0.717, 1.165) is 0 Å². The highest BCUT2D eigenvalue weighted by Crippen LogP contribution is 2.23. The lowest BCUT2D eigenvalue weighted by molar-refractivity contribution is -0.0440. The molecule has 9 heteroatoms. The quantitative estimate of drug-likeness (QED) is 0.629. The number of rotatable bonds is 7. The zero-order chi connectivity index (χ0) is 23.5. The molecule has 1 aliphatic heterocycles. The van der Waals surface area contributed by atoms with Gasteiger partial charge in [-0.3, -0.25) is 4.79 Å². The number of carbonyl (C=O) groups is 1. The Morgan fingerprint density at radius 2 is 1.88 bits per heavy atom. The van der Waals surface area contributed by atoms with Crippen LogP contribution in [0.1, 0.15) is 36.7 Å². The van der Waals surface area contributed by atoms with Crippen LogP contribution < -0.4 is 4.74 Å². The summed E-state index contributed by atoms with van der Waals surface area (Å²) < 4.78 is 52.3. The van der Waals surface area contributed by atoms with Gasteiger partial charge in [0.2, 0.25) is 10.0 Å². The first kappa shape index (κ1) is 24.2. The van der Waals surface area contributed by atoms with Crippen LogP contribution in [0.4, 0.5) is 4.39 Å². The monoisotopic (exact) mass is 464 g/mol. The summed E-state index contributed by atoms with van der Waals surface area (Å²) in [5.41, 5.74) is 0.870. The van der Waals surface area contributed by atoms with Crippen molar-refractivity contribution in [3.8, 4) is 5.75 Å². The number of amides is 1. The largest absolute Gasteiger partial charge is 0.494 e. The van der Waals surface area contributed by atoms with Gasteiger partial charge < -0.3 is 14.4 Å². The van der Waals surface area contributed by atoms with Crippen molar-refractivity contribution in [3.05, 3.63) is 59.4 Å². The second-order valence-electron chi connectivity index (χ2n) is 7.90. The second kappa shape index (κ2) is 9.97. The number of hydrogen-bond acceptors (Lipinski definition) is 5. The van der Waals surface area contributed by atoms with Gasteiger partial charge in [-0.1, -0.05) is 12.1 Å². The molecule has 0 radical (unpaired) electrons. The van der Waals surface area contributed by atoms with Crippen molar-refractivity contribution >= 4 is 15.9 Å². The molecule has 1 heterocycles. The summed E-state index contributed by atoms with van der Waals surface area (Å²) in [7, 11) is -2.38. The molecule has 0 saturated carbocycles. The first-order valence-electron chi connectivity index (χ1n) is 10.5. The van der Waals surface area contributed by atoms with Gasteiger partial charge in [-0.25, -0.2) is 12.8 Å². The number of benzene rings is 2. The van der Waals surface area contributed by atoms with E-state index in [4.69, 9.17) is 9.47 Å². The topological polar surface area (TPSA) is 76.2 Å². The average Bonchev–Trinajstić information content (AvgIpc) is 2.76. The van der Waals surface area contributed by atoms with Crippen LogP contribution in [0.3, 0.4) is 0 Å². The second-order valence-corrected chi connectivity index (χ2v) is 9.83. The molecule has 3 rings (SSSR count). The Morgan fingerprint density at radius 3 is 2.47 bits per heavy atom. The summed E-state index contributed by atoms with van der Waals surface area (Å²) in [5, 5.41) is 0. The van der Waals surface area contributed by atoms with E-state index >= 15 is 0 Å². The van der Waals surface area contributed by atoms with Crippen molar-refractivity contribution in [2.45, 2.75) is 44.4 Å². The van der Waals surface area contributed by atoms with Crippen molar-refractivity contribution in [2.24, 2.45) is 0 Å². The molecule has 2 aromatic carbocycles. The fourth-order valence-electron chi connectivity index (χ4n) is 3.80. The Labute approximate surface area is 188 Å². The fraction of sp³-hybridized carbons (Fsp3) is 0.435. The van der Waals surface area contributed by atoms with Crippen LogP contribution in [0, 0.1) is 5.82 Å². The highest BCUT2D eigenvalue weighted by atomic mass is 32.2. The third-order valence-corrected chi connectivity index (χ3v) is 7.19. The SMILES string of the molecule is CCN(Cc1ccc(OC)c(F)c1)C(=O)c1cccc(S(=O)(=O)N2C[C@H](C)O[C@@H](C)C2)c1. The van der Waals surface area contributed by atoms with Gasteiger partial charge >= 0.3 is 0 Å². The predicted octanol–water partition coefficient (Wildman–Crippen LogP) is 3.29. The van der Waals surface area contributed by atoms with Gasteiger partial charge in [0.25, 0.3) is 5.91 Å². The van der Waals surface area contributed by atoms with E-state index in [1.165, 1.54) is 40.6 Å². The molecule has 7 nitrogen and oxygen atoms in total. The van der Waals surface area contributed by atoms with Crippen LogP contribution in [-0.4, -0.2) is 62.5 Å². The molecule has 1 saturated heterocycles. The maximum absolute atomic E-state index is 14.0. The number of carbonyl (C=O) groups excluding carboxylic acids is 1. The van der Waals surface area contributed by atoms with Gasteiger partial charge in [-0.05, 0) is 56.7 Å². The van der Waals surface area contributed by atoms with Crippen LogP contribution >= 0.6 is 0 Å². The molecular weight excluding hydrogens is 435 g/mol. The molecule has 174 valence electrons. The van der Waals surface area contributed by atoms with Gasteiger partial charge in [0.05, 0.1) is 24.2 Å². The smallest absolute Gasteiger partial charge is 0.254 e. The Bertz CT molecular complexity index is 1070. The van der Waals surface area contributed by atoms with E-state index in [0.29, 0.717) is 12.1 Å². The summed E-state index contributed by atoms with van der Waals surface area (Å²) in [6.45, 7) is 6.56. The minimum absolute atomic E-state index is 0.0659. The number of methoxy groups -OCH3 is 1. The molecule has 2 aromatic rings. The summed E-state index contributed by atoms with van der Waals surface area (Å²) in [4.78, 5) is 14.7. The lowest BCUT2D eigenvalue weighted by atomic mass is 10.1. The molecule has 0 N–H and O–H groups in total. The Balaban J connectivity index is 1.82. The zero-order valence-corrected chi connectivity index (χ0v) is 19.6. The average molecular weight is 465 g/mol. The summed E-state index contributed by atoms with van der Waals surface area (Å²) in [6.07, 6.45) is -0.419. The van der Waals surface area contributed by atoms with Gasteiger partial charge in [-0.2, -0.15) is 4.31 Å². The molecule has 32 heavy (non-hydrogen) atoms. The van der Waals surface area contributed by atoms with Gasteiger partial charge in [-0.15, -0.1) is 0 Å². The molecule has 0 bridgehead atoms. The van der Waals surface area contributed by atoms with Gasteiger partial charge in [0, 0.05) is 31.7 Å². The number of nitrogens with zero attached hydrogens (tertiary/aromatic N) is 2. The Hall–Kier alpha value is -2.49. The van der Waals surface area contributed by atoms with E-state index in [2.05, 4.69) is 0 Å². The standard InChI is InChI=1S/C23H29FN2O5S/c1-5-25(15-18-9-10-22(30-4)21(24)11-18)23(27)19-7-6-8-20(12-19)32(28,29)26-13-16(2)31-17(3)14-26/h6-12,16-17H,5,13-15H2,1-4H3/t16-,17-/m0/s1. The van der Waals surface area contributed by atoms with Gasteiger partial charge in [0.1, 0.15) is 0 Å². The number of sulfonamides is 1. The molecule has 1 fully saturated rings. The Kier molecular flexibility index (Phi) is 7.53. The third kappa shape index (κ3) is 5.28.